The van der Waals surface area contributed by atoms with Crippen LogP contribution in [0.5, 0.6) is 0 Å². The summed E-state index contributed by atoms with van der Waals surface area (Å²) < 4.78 is 1.80. The van der Waals surface area contributed by atoms with Crippen molar-refractivity contribution in [2.24, 2.45) is 0 Å². The van der Waals surface area contributed by atoms with Gasteiger partial charge >= 0.3 is 0 Å². The van der Waals surface area contributed by atoms with Gasteiger partial charge in [0.1, 0.15) is 12.6 Å². The molecule has 0 saturated heterocycles. The van der Waals surface area contributed by atoms with Crippen molar-refractivity contribution in [3.8, 4) is 5.95 Å². The minimum atomic E-state index is 0.167. The molecule has 6 nitrogen and oxygen atoms in total. The fraction of sp³-hybridized carbons (Fsp3) is 0.467. The number of imidazole rings is 1. The van der Waals surface area contributed by atoms with E-state index >= 15 is 0 Å². The Kier molecular flexibility index (Phi) is 5.16. The largest absolute Gasteiger partial charge is 0.303 e. The lowest BCUT2D eigenvalue weighted by Gasteiger charge is -2.24. The van der Waals surface area contributed by atoms with E-state index in [9.17, 15) is 4.79 Å². The second-order valence-electron chi connectivity index (χ2n) is 5.17. The van der Waals surface area contributed by atoms with Gasteiger partial charge in [0.2, 0.25) is 5.95 Å². The van der Waals surface area contributed by atoms with Gasteiger partial charge in [-0.2, -0.15) is 0 Å². The van der Waals surface area contributed by atoms with E-state index in [2.05, 4.69) is 26.8 Å². The minimum absolute atomic E-state index is 0.167. The van der Waals surface area contributed by atoms with Gasteiger partial charge in [-0.1, -0.05) is 0 Å². The van der Waals surface area contributed by atoms with E-state index < -0.39 is 0 Å². The van der Waals surface area contributed by atoms with Crippen LogP contribution in [0.25, 0.3) is 5.95 Å². The summed E-state index contributed by atoms with van der Waals surface area (Å²) in [4.78, 5) is 25.7. The number of rotatable bonds is 7. The van der Waals surface area contributed by atoms with E-state index in [4.69, 9.17) is 0 Å². The minimum Gasteiger partial charge on any atom is -0.303 e. The lowest BCUT2D eigenvalue weighted by atomic mass is 10.1. The van der Waals surface area contributed by atoms with Crippen LogP contribution in [0.15, 0.2) is 24.8 Å². The van der Waals surface area contributed by atoms with Crippen molar-refractivity contribution in [3.63, 3.8) is 0 Å². The number of carbonyl (C=O) groups excluding carboxylic acids is 1. The molecule has 0 N–H and O–H groups in total. The molecule has 1 atom stereocenters. The smallest absolute Gasteiger partial charge is 0.235 e. The Labute approximate surface area is 124 Å². The predicted molar refractivity (Wildman–Crippen MR) is 80.2 cm³/mol. The number of aromatic nitrogens is 4. The van der Waals surface area contributed by atoms with E-state index in [1.165, 1.54) is 0 Å². The lowest BCUT2D eigenvalue weighted by Crippen LogP contribution is -2.25. The predicted octanol–water partition coefficient (Wildman–Crippen LogP) is 1.94. The molecule has 0 amide bonds. The monoisotopic (exact) mass is 287 g/mol. The van der Waals surface area contributed by atoms with Crippen LogP contribution in [0, 0.1) is 6.92 Å². The summed E-state index contributed by atoms with van der Waals surface area (Å²) in [6.45, 7) is 4.94. The molecule has 0 aromatic carbocycles. The van der Waals surface area contributed by atoms with Crippen LogP contribution in [0.1, 0.15) is 37.2 Å². The zero-order valence-electron chi connectivity index (χ0n) is 12.7. The van der Waals surface area contributed by atoms with Crippen molar-refractivity contribution in [1.29, 1.82) is 0 Å². The number of aldehydes is 1. The summed E-state index contributed by atoms with van der Waals surface area (Å²) in [6.07, 6.45) is 7.65. The van der Waals surface area contributed by atoms with Gasteiger partial charge in [-0.05, 0) is 39.9 Å². The number of hydrogen-bond acceptors (Lipinski definition) is 5. The molecule has 2 aromatic heterocycles. The molecule has 0 aliphatic heterocycles. The molecule has 0 spiro atoms. The highest BCUT2D eigenvalue weighted by atomic mass is 16.1. The van der Waals surface area contributed by atoms with Crippen LogP contribution in [0.3, 0.4) is 0 Å². The first-order chi connectivity index (χ1) is 10.1. The molecule has 0 fully saturated rings. The van der Waals surface area contributed by atoms with Gasteiger partial charge in [0.25, 0.3) is 0 Å². The van der Waals surface area contributed by atoms with Crippen LogP contribution in [0.4, 0.5) is 0 Å². The van der Waals surface area contributed by atoms with Gasteiger partial charge in [0, 0.05) is 30.6 Å². The average molecular weight is 287 g/mol. The summed E-state index contributed by atoms with van der Waals surface area (Å²) in [6, 6.07) is 2.17. The summed E-state index contributed by atoms with van der Waals surface area (Å²) in [7, 11) is 2.05. The first-order valence-corrected chi connectivity index (χ1v) is 7.09. The van der Waals surface area contributed by atoms with Crippen molar-refractivity contribution in [2.45, 2.75) is 32.7 Å². The number of carbonyl (C=O) groups is 1. The van der Waals surface area contributed by atoms with Crippen molar-refractivity contribution in [1.82, 2.24) is 24.4 Å². The van der Waals surface area contributed by atoms with E-state index in [0.29, 0.717) is 12.4 Å². The van der Waals surface area contributed by atoms with Gasteiger partial charge < -0.3 is 4.79 Å². The van der Waals surface area contributed by atoms with Gasteiger partial charge in [-0.3, -0.25) is 9.47 Å². The topological polar surface area (TPSA) is 63.9 Å². The zero-order chi connectivity index (χ0) is 15.2. The maximum absolute atomic E-state index is 10.4. The number of aryl methyl sites for hydroxylation is 1. The van der Waals surface area contributed by atoms with E-state index in [1.54, 1.807) is 17.1 Å². The van der Waals surface area contributed by atoms with E-state index in [1.807, 2.05) is 26.2 Å². The van der Waals surface area contributed by atoms with Crippen LogP contribution in [-0.4, -0.2) is 44.3 Å². The van der Waals surface area contributed by atoms with Crippen LogP contribution < -0.4 is 0 Å². The Morgan fingerprint density at radius 3 is 2.90 bits per heavy atom. The summed E-state index contributed by atoms with van der Waals surface area (Å²) >= 11 is 0. The third-order valence-corrected chi connectivity index (χ3v) is 3.52. The third-order valence-electron chi connectivity index (χ3n) is 3.52. The number of hydrogen-bond donors (Lipinski definition) is 0. The Bertz CT molecular complexity index is 582. The molecule has 0 bridgehead atoms. The van der Waals surface area contributed by atoms with Crippen molar-refractivity contribution < 1.29 is 4.79 Å². The molecule has 0 saturated carbocycles. The molecule has 2 heterocycles. The standard InChI is InChI=1S/C15H21N5O/c1-12-10-14(13(2)19(3)7-4-5-9-21)18-15(17-12)20-8-6-16-11-20/h6,8-11,13H,4-5,7H2,1-3H3. The van der Waals surface area contributed by atoms with Gasteiger partial charge in [-0.25, -0.2) is 15.0 Å². The van der Waals surface area contributed by atoms with Gasteiger partial charge in [0.15, 0.2) is 0 Å². The molecule has 0 aliphatic rings. The molecule has 0 aliphatic carbocycles. The van der Waals surface area contributed by atoms with Crippen molar-refractivity contribution >= 4 is 6.29 Å². The normalized spacial score (nSPS) is 12.6. The SMILES string of the molecule is Cc1cc(C(C)N(C)CCCC=O)nc(-n2ccnc2)n1. The molecular formula is C15H21N5O. The fourth-order valence-corrected chi connectivity index (χ4v) is 2.13. The second-order valence-corrected chi connectivity index (χ2v) is 5.17. The molecule has 1 unspecified atom stereocenters. The second kappa shape index (κ2) is 7.08. The average Bonchev–Trinajstić information content (AvgIpc) is 3.00. The Morgan fingerprint density at radius 2 is 2.24 bits per heavy atom. The fourth-order valence-electron chi connectivity index (χ4n) is 2.13. The van der Waals surface area contributed by atoms with Gasteiger partial charge in [-0.15, -0.1) is 0 Å². The number of nitrogens with zero attached hydrogens (tertiary/aromatic N) is 5. The third kappa shape index (κ3) is 3.95. The van der Waals surface area contributed by atoms with Crippen molar-refractivity contribution in [2.75, 3.05) is 13.6 Å². The van der Waals surface area contributed by atoms with E-state index in [-0.39, 0.29) is 6.04 Å². The summed E-state index contributed by atoms with van der Waals surface area (Å²) in [5.74, 6) is 0.635. The van der Waals surface area contributed by atoms with Crippen LogP contribution in [-0.2, 0) is 4.79 Å². The zero-order valence-corrected chi connectivity index (χ0v) is 12.7. The first-order valence-electron chi connectivity index (χ1n) is 7.09. The highest BCUT2D eigenvalue weighted by Crippen LogP contribution is 2.18. The highest BCUT2D eigenvalue weighted by molar-refractivity contribution is 5.49. The lowest BCUT2D eigenvalue weighted by molar-refractivity contribution is -0.108. The number of unbranched alkanes of at least 4 members (excludes halogenated alkanes) is 1. The molecule has 0 radical (unpaired) electrons. The quantitative estimate of drug-likeness (QED) is 0.575. The van der Waals surface area contributed by atoms with Gasteiger partial charge in [0.05, 0.1) is 5.69 Å². The maximum Gasteiger partial charge on any atom is 0.235 e. The Morgan fingerprint density at radius 1 is 1.43 bits per heavy atom. The molecule has 21 heavy (non-hydrogen) atoms. The van der Waals surface area contributed by atoms with Crippen LogP contribution >= 0.6 is 0 Å². The Balaban J connectivity index is 2.17. The molecular weight excluding hydrogens is 266 g/mol. The first kappa shape index (κ1) is 15.3. The molecule has 2 aromatic rings. The molecule has 2 rings (SSSR count). The van der Waals surface area contributed by atoms with Crippen LogP contribution in [0.2, 0.25) is 0 Å². The maximum atomic E-state index is 10.4. The summed E-state index contributed by atoms with van der Waals surface area (Å²) in [5.41, 5.74) is 1.90. The Hall–Kier alpha value is -2.08. The summed E-state index contributed by atoms with van der Waals surface area (Å²) in [5, 5.41) is 0. The molecule has 6 heteroatoms. The molecule has 112 valence electrons. The highest BCUT2D eigenvalue weighted by Gasteiger charge is 2.15. The van der Waals surface area contributed by atoms with Crippen molar-refractivity contribution in [3.05, 3.63) is 36.2 Å². The van der Waals surface area contributed by atoms with E-state index in [0.717, 1.165) is 30.6 Å².